The lowest BCUT2D eigenvalue weighted by molar-refractivity contribution is -0.123. The molecule has 6 heteroatoms. The van der Waals surface area contributed by atoms with E-state index in [1.54, 1.807) is 13.0 Å². The summed E-state index contributed by atoms with van der Waals surface area (Å²) < 4.78 is 18.5. The number of hydrogen-bond donors (Lipinski definition) is 3. The molecule has 5 nitrogen and oxygen atoms in total. The molecule has 3 N–H and O–H groups in total. The van der Waals surface area contributed by atoms with E-state index in [0.717, 1.165) is 0 Å². The largest absolute Gasteiger partial charge is 0.494 e. The summed E-state index contributed by atoms with van der Waals surface area (Å²) in [6.45, 7) is 2.20. The third-order valence-corrected chi connectivity index (χ3v) is 3.46. The number of carbonyl (C=O) groups is 1. The van der Waals surface area contributed by atoms with Crippen molar-refractivity contribution in [1.82, 2.24) is 10.6 Å². The SMILES string of the molecule is COc1ccc(C(C)NC(=O)C2CC(O)CN2)cc1F. The number of hydrogen-bond acceptors (Lipinski definition) is 4. The van der Waals surface area contributed by atoms with Crippen LogP contribution in [0.2, 0.25) is 0 Å². The van der Waals surface area contributed by atoms with E-state index in [1.807, 2.05) is 0 Å². The van der Waals surface area contributed by atoms with E-state index in [1.165, 1.54) is 19.2 Å². The predicted octanol–water partition coefficient (Wildman–Crippen LogP) is 0.734. The van der Waals surface area contributed by atoms with Gasteiger partial charge >= 0.3 is 0 Å². The van der Waals surface area contributed by atoms with Crippen LogP contribution in [0.25, 0.3) is 0 Å². The number of β-amino-alcohol motifs (C(OH)–C–C–N with tert-alkyl or cyclic N) is 1. The van der Waals surface area contributed by atoms with Gasteiger partial charge in [-0.2, -0.15) is 0 Å². The molecule has 0 aliphatic carbocycles. The van der Waals surface area contributed by atoms with Crippen molar-refractivity contribution in [3.05, 3.63) is 29.6 Å². The number of halogens is 1. The first-order valence-corrected chi connectivity index (χ1v) is 6.56. The summed E-state index contributed by atoms with van der Waals surface area (Å²) >= 11 is 0. The fraction of sp³-hybridized carbons (Fsp3) is 0.500. The third kappa shape index (κ3) is 3.26. The van der Waals surface area contributed by atoms with Gasteiger partial charge < -0.3 is 20.5 Å². The van der Waals surface area contributed by atoms with E-state index in [2.05, 4.69) is 10.6 Å². The smallest absolute Gasteiger partial charge is 0.237 e. The standard InChI is InChI=1S/C14H19FN2O3/c1-8(9-3-4-13(20-2)11(15)5-9)17-14(19)12-6-10(18)7-16-12/h3-5,8,10,12,16,18H,6-7H2,1-2H3,(H,17,19). The number of methoxy groups -OCH3 is 1. The average molecular weight is 282 g/mol. The molecular weight excluding hydrogens is 263 g/mol. The number of aliphatic hydroxyl groups excluding tert-OH is 1. The quantitative estimate of drug-likeness (QED) is 0.761. The molecule has 0 aromatic heterocycles. The minimum atomic E-state index is -0.487. The van der Waals surface area contributed by atoms with Crippen molar-refractivity contribution < 1.29 is 19.0 Å². The Morgan fingerprint density at radius 3 is 2.90 bits per heavy atom. The van der Waals surface area contributed by atoms with Crippen molar-refractivity contribution >= 4 is 5.91 Å². The summed E-state index contributed by atoms with van der Waals surface area (Å²) in [6.07, 6.45) is -0.0882. The molecule has 0 saturated carbocycles. The van der Waals surface area contributed by atoms with Crippen LogP contribution < -0.4 is 15.4 Å². The molecule has 1 aromatic carbocycles. The van der Waals surface area contributed by atoms with Gasteiger partial charge in [-0.1, -0.05) is 6.07 Å². The van der Waals surface area contributed by atoms with E-state index >= 15 is 0 Å². The molecule has 1 heterocycles. The molecule has 1 saturated heterocycles. The maximum absolute atomic E-state index is 13.6. The lowest BCUT2D eigenvalue weighted by Crippen LogP contribution is -2.41. The van der Waals surface area contributed by atoms with Crippen LogP contribution in [-0.4, -0.2) is 36.8 Å². The molecule has 20 heavy (non-hydrogen) atoms. The van der Waals surface area contributed by atoms with Gasteiger partial charge in [-0.25, -0.2) is 4.39 Å². The van der Waals surface area contributed by atoms with Crippen molar-refractivity contribution in [2.24, 2.45) is 0 Å². The number of benzene rings is 1. The van der Waals surface area contributed by atoms with Crippen molar-refractivity contribution in [1.29, 1.82) is 0 Å². The number of aliphatic hydroxyl groups is 1. The van der Waals surface area contributed by atoms with Gasteiger partial charge in [0.1, 0.15) is 0 Å². The molecule has 3 atom stereocenters. The van der Waals surface area contributed by atoms with Crippen LogP contribution in [0.3, 0.4) is 0 Å². The number of ether oxygens (including phenoxy) is 1. The average Bonchev–Trinajstić information content (AvgIpc) is 2.85. The van der Waals surface area contributed by atoms with E-state index < -0.39 is 18.0 Å². The Bertz CT molecular complexity index is 495. The molecule has 1 aliphatic rings. The Morgan fingerprint density at radius 1 is 1.60 bits per heavy atom. The Morgan fingerprint density at radius 2 is 2.35 bits per heavy atom. The zero-order chi connectivity index (χ0) is 14.7. The van der Waals surface area contributed by atoms with Gasteiger partial charge in [0.2, 0.25) is 5.91 Å². The summed E-state index contributed by atoms with van der Waals surface area (Å²) in [7, 11) is 1.40. The van der Waals surface area contributed by atoms with Gasteiger partial charge in [0.25, 0.3) is 0 Å². The summed E-state index contributed by atoms with van der Waals surface area (Å²) in [5.74, 6) is -0.473. The highest BCUT2D eigenvalue weighted by molar-refractivity contribution is 5.82. The lowest BCUT2D eigenvalue weighted by Gasteiger charge is -2.18. The highest BCUT2D eigenvalue weighted by Gasteiger charge is 2.28. The number of amides is 1. The van der Waals surface area contributed by atoms with Gasteiger partial charge in [0.05, 0.1) is 25.3 Å². The van der Waals surface area contributed by atoms with E-state index in [9.17, 15) is 14.3 Å². The Labute approximate surface area is 117 Å². The number of nitrogens with one attached hydrogen (secondary N) is 2. The van der Waals surface area contributed by atoms with Crippen molar-refractivity contribution in [3.63, 3.8) is 0 Å². The molecule has 1 fully saturated rings. The first-order chi connectivity index (χ1) is 9.51. The van der Waals surface area contributed by atoms with Gasteiger partial charge in [-0.3, -0.25) is 4.79 Å². The Balaban J connectivity index is 1.99. The van der Waals surface area contributed by atoms with Crippen LogP contribution in [-0.2, 0) is 4.79 Å². The fourth-order valence-corrected chi connectivity index (χ4v) is 2.27. The Kier molecular flexibility index (Phi) is 4.57. The topological polar surface area (TPSA) is 70.6 Å². The second-order valence-corrected chi connectivity index (χ2v) is 4.97. The van der Waals surface area contributed by atoms with Crippen LogP contribution >= 0.6 is 0 Å². The van der Waals surface area contributed by atoms with E-state index in [-0.39, 0.29) is 17.7 Å². The Hall–Kier alpha value is -1.66. The van der Waals surface area contributed by atoms with Crippen molar-refractivity contribution in [2.75, 3.05) is 13.7 Å². The van der Waals surface area contributed by atoms with Crippen molar-refractivity contribution in [2.45, 2.75) is 31.5 Å². The van der Waals surface area contributed by atoms with Crippen LogP contribution in [0.4, 0.5) is 4.39 Å². The second kappa shape index (κ2) is 6.19. The summed E-state index contributed by atoms with van der Waals surface area (Å²) in [4.78, 5) is 12.0. The molecule has 0 bridgehead atoms. The summed E-state index contributed by atoms with van der Waals surface area (Å²) in [5.41, 5.74) is 0.662. The maximum Gasteiger partial charge on any atom is 0.237 e. The number of carbonyl (C=O) groups excluding carboxylic acids is 1. The fourth-order valence-electron chi connectivity index (χ4n) is 2.27. The third-order valence-electron chi connectivity index (χ3n) is 3.46. The molecule has 0 spiro atoms. The maximum atomic E-state index is 13.6. The molecular formula is C14H19FN2O3. The first-order valence-electron chi connectivity index (χ1n) is 6.56. The molecule has 1 aromatic rings. The highest BCUT2D eigenvalue weighted by atomic mass is 19.1. The van der Waals surface area contributed by atoms with Crippen LogP contribution in [0, 0.1) is 5.82 Å². The lowest BCUT2D eigenvalue weighted by atomic mass is 10.1. The van der Waals surface area contributed by atoms with Crippen LogP contribution in [0.15, 0.2) is 18.2 Å². The minimum absolute atomic E-state index is 0.174. The van der Waals surface area contributed by atoms with Crippen LogP contribution in [0.5, 0.6) is 5.75 Å². The molecule has 3 unspecified atom stereocenters. The van der Waals surface area contributed by atoms with E-state index in [0.29, 0.717) is 18.5 Å². The molecule has 110 valence electrons. The molecule has 0 radical (unpaired) electrons. The van der Waals surface area contributed by atoms with Gasteiger partial charge in [-0.15, -0.1) is 0 Å². The number of rotatable bonds is 4. The monoisotopic (exact) mass is 282 g/mol. The predicted molar refractivity (Wildman–Crippen MR) is 71.9 cm³/mol. The summed E-state index contributed by atoms with van der Waals surface area (Å²) in [5, 5.41) is 15.1. The van der Waals surface area contributed by atoms with E-state index in [4.69, 9.17) is 4.74 Å². The van der Waals surface area contributed by atoms with Crippen molar-refractivity contribution in [3.8, 4) is 5.75 Å². The van der Waals surface area contributed by atoms with Gasteiger partial charge in [0, 0.05) is 6.54 Å². The molecule has 2 rings (SSSR count). The zero-order valence-electron chi connectivity index (χ0n) is 11.5. The molecule has 1 aliphatic heterocycles. The van der Waals surface area contributed by atoms with Gasteiger partial charge in [0.15, 0.2) is 11.6 Å². The molecule has 1 amide bonds. The minimum Gasteiger partial charge on any atom is -0.494 e. The summed E-state index contributed by atoms with van der Waals surface area (Å²) in [6, 6.07) is 3.88. The normalized spacial score (nSPS) is 23.4. The first kappa shape index (κ1) is 14.7. The van der Waals surface area contributed by atoms with Crippen LogP contribution in [0.1, 0.15) is 24.9 Å². The van der Waals surface area contributed by atoms with Gasteiger partial charge in [-0.05, 0) is 31.0 Å². The second-order valence-electron chi connectivity index (χ2n) is 4.97. The zero-order valence-corrected chi connectivity index (χ0v) is 11.5. The highest BCUT2D eigenvalue weighted by Crippen LogP contribution is 2.22.